The van der Waals surface area contributed by atoms with E-state index < -0.39 is 5.60 Å². The maximum Gasteiger partial charge on any atom is 0.227 e. The Morgan fingerprint density at radius 2 is 1.92 bits per heavy atom. The Morgan fingerprint density at radius 1 is 1.12 bits per heavy atom. The highest BCUT2D eigenvalue weighted by Gasteiger charge is 2.36. The predicted octanol–water partition coefficient (Wildman–Crippen LogP) is 4.29. The molecule has 24 heavy (non-hydrogen) atoms. The van der Waals surface area contributed by atoms with E-state index in [9.17, 15) is 5.11 Å². The molecule has 1 aliphatic heterocycles. The summed E-state index contributed by atoms with van der Waals surface area (Å²) in [5.41, 5.74) is 1.61. The molecule has 2 aliphatic rings. The van der Waals surface area contributed by atoms with E-state index in [1.807, 2.05) is 11.4 Å². The van der Waals surface area contributed by atoms with Gasteiger partial charge in [-0.3, -0.25) is 0 Å². The Labute approximate surface area is 147 Å². The van der Waals surface area contributed by atoms with Gasteiger partial charge in [0, 0.05) is 5.56 Å². The normalized spacial score (nSPS) is 22.9. The summed E-state index contributed by atoms with van der Waals surface area (Å²) in [4.78, 5) is 5.83. The number of hydrogen-bond donors (Lipinski definition) is 1. The van der Waals surface area contributed by atoms with Gasteiger partial charge in [-0.25, -0.2) is 4.99 Å². The third-order valence-electron chi connectivity index (χ3n) is 5.07. The Hall–Kier alpha value is -1.65. The molecule has 0 saturated heterocycles. The first-order chi connectivity index (χ1) is 11.7. The lowest BCUT2D eigenvalue weighted by atomic mass is 9.80. The van der Waals surface area contributed by atoms with Crippen LogP contribution in [0.25, 0.3) is 0 Å². The number of hydrogen-bond acceptors (Lipinski definition) is 4. The van der Waals surface area contributed by atoms with Crippen LogP contribution in [0.3, 0.4) is 0 Å². The average molecular weight is 341 g/mol. The molecule has 1 aromatic heterocycles. The number of aliphatic hydroxyl groups is 1. The molecular formula is C20H23NO2S. The van der Waals surface area contributed by atoms with Gasteiger partial charge in [0.15, 0.2) is 0 Å². The molecule has 1 aromatic carbocycles. The van der Waals surface area contributed by atoms with Crippen LogP contribution in [0.2, 0.25) is 0 Å². The van der Waals surface area contributed by atoms with Gasteiger partial charge in [0.1, 0.15) is 6.61 Å². The van der Waals surface area contributed by atoms with E-state index in [4.69, 9.17) is 9.73 Å². The van der Waals surface area contributed by atoms with E-state index >= 15 is 0 Å². The van der Waals surface area contributed by atoms with Crippen LogP contribution in [0.1, 0.15) is 48.1 Å². The first-order valence-electron chi connectivity index (χ1n) is 8.80. The van der Waals surface area contributed by atoms with E-state index in [2.05, 4.69) is 30.3 Å². The third-order valence-corrected chi connectivity index (χ3v) is 5.97. The van der Waals surface area contributed by atoms with Gasteiger partial charge >= 0.3 is 0 Å². The monoisotopic (exact) mass is 341 g/mol. The Balaban J connectivity index is 1.55. The molecule has 0 unspecified atom stereocenters. The third kappa shape index (κ3) is 3.13. The predicted molar refractivity (Wildman–Crippen MR) is 97.7 cm³/mol. The molecule has 4 heteroatoms. The van der Waals surface area contributed by atoms with Crippen molar-refractivity contribution in [2.45, 2.75) is 50.2 Å². The lowest BCUT2D eigenvalue weighted by Crippen LogP contribution is -2.29. The van der Waals surface area contributed by atoms with E-state index in [0.29, 0.717) is 6.61 Å². The first kappa shape index (κ1) is 15.9. The van der Waals surface area contributed by atoms with Crippen LogP contribution in [0.15, 0.2) is 46.8 Å². The molecule has 0 amide bonds. The molecule has 126 valence electrons. The van der Waals surface area contributed by atoms with Gasteiger partial charge in [-0.1, -0.05) is 49.6 Å². The van der Waals surface area contributed by atoms with Crippen molar-refractivity contribution in [2.75, 3.05) is 6.61 Å². The number of thiophene rings is 1. The van der Waals surface area contributed by atoms with Crippen LogP contribution in [0, 0.1) is 0 Å². The second kappa shape index (κ2) is 6.69. The van der Waals surface area contributed by atoms with Crippen molar-refractivity contribution < 1.29 is 9.84 Å². The molecule has 0 spiro atoms. The van der Waals surface area contributed by atoms with Crippen LogP contribution in [0.4, 0.5) is 0 Å². The summed E-state index contributed by atoms with van der Waals surface area (Å²) in [5, 5.41) is 13.1. The fourth-order valence-electron chi connectivity index (χ4n) is 3.78. The standard InChI is InChI=1S/C20H23NO2S/c22-20(10-5-2-6-11-20)17-9-12-24-18(17)19-21-16(14-23-19)13-15-7-3-1-4-8-15/h1,3-4,7-9,12,16,22H,2,5-6,10-11,13-14H2/t16-/m0/s1. The summed E-state index contributed by atoms with van der Waals surface area (Å²) in [6, 6.07) is 12.6. The van der Waals surface area contributed by atoms with Crippen molar-refractivity contribution in [1.82, 2.24) is 0 Å². The molecular weight excluding hydrogens is 318 g/mol. The van der Waals surface area contributed by atoms with Crippen LogP contribution < -0.4 is 0 Å². The zero-order chi connectivity index (χ0) is 16.4. The highest BCUT2D eigenvalue weighted by molar-refractivity contribution is 7.12. The van der Waals surface area contributed by atoms with Crippen LogP contribution >= 0.6 is 11.3 Å². The first-order valence-corrected chi connectivity index (χ1v) is 9.68. The molecule has 1 atom stereocenters. The SMILES string of the molecule is OC1(c2ccsc2C2=N[C@@H](Cc3ccccc3)CO2)CCCCC1. The molecule has 4 rings (SSSR count). The number of rotatable bonds is 4. The van der Waals surface area contributed by atoms with Crippen molar-refractivity contribution in [1.29, 1.82) is 0 Å². The summed E-state index contributed by atoms with van der Waals surface area (Å²) in [6.07, 6.45) is 5.99. The molecule has 1 aliphatic carbocycles. The Morgan fingerprint density at radius 3 is 2.71 bits per heavy atom. The summed E-state index contributed by atoms with van der Waals surface area (Å²) in [5.74, 6) is 0.722. The van der Waals surface area contributed by atoms with Crippen molar-refractivity contribution in [3.63, 3.8) is 0 Å². The smallest absolute Gasteiger partial charge is 0.227 e. The molecule has 2 aromatic rings. The minimum atomic E-state index is -0.697. The summed E-state index contributed by atoms with van der Waals surface area (Å²) in [7, 11) is 0. The quantitative estimate of drug-likeness (QED) is 0.901. The number of nitrogens with zero attached hydrogens (tertiary/aromatic N) is 1. The highest BCUT2D eigenvalue weighted by atomic mass is 32.1. The molecule has 1 N–H and O–H groups in total. The molecule has 2 heterocycles. The van der Waals surface area contributed by atoms with Gasteiger partial charge in [0.05, 0.1) is 16.5 Å². The maximum atomic E-state index is 11.1. The largest absolute Gasteiger partial charge is 0.475 e. The zero-order valence-corrected chi connectivity index (χ0v) is 14.6. The topological polar surface area (TPSA) is 41.8 Å². The lowest BCUT2D eigenvalue weighted by Gasteiger charge is -2.32. The van der Waals surface area contributed by atoms with Gasteiger partial charge in [0.2, 0.25) is 5.90 Å². The molecule has 0 radical (unpaired) electrons. The minimum absolute atomic E-state index is 0.165. The van der Waals surface area contributed by atoms with Crippen LogP contribution in [-0.4, -0.2) is 23.7 Å². The second-order valence-corrected chi connectivity index (χ2v) is 7.76. The van der Waals surface area contributed by atoms with Crippen molar-refractivity contribution in [2.24, 2.45) is 4.99 Å². The maximum absolute atomic E-state index is 11.1. The van der Waals surface area contributed by atoms with Gasteiger partial charge in [-0.15, -0.1) is 11.3 Å². The van der Waals surface area contributed by atoms with Crippen LogP contribution in [-0.2, 0) is 16.8 Å². The van der Waals surface area contributed by atoms with Gasteiger partial charge in [0.25, 0.3) is 0 Å². The summed E-state index contributed by atoms with van der Waals surface area (Å²) in [6.45, 7) is 0.625. The summed E-state index contributed by atoms with van der Waals surface area (Å²) < 4.78 is 5.91. The Bertz CT molecular complexity index is 716. The van der Waals surface area contributed by atoms with Crippen molar-refractivity contribution in [3.05, 3.63) is 57.8 Å². The lowest BCUT2D eigenvalue weighted by molar-refractivity contribution is -0.000511. The minimum Gasteiger partial charge on any atom is -0.475 e. The molecule has 3 nitrogen and oxygen atoms in total. The van der Waals surface area contributed by atoms with Gasteiger partial charge in [-0.2, -0.15) is 0 Å². The molecule has 0 bridgehead atoms. The van der Waals surface area contributed by atoms with Crippen molar-refractivity contribution in [3.8, 4) is 0 Å². The van der Waals surface area contributed by atoms with Crippen molar-refractivity contribution >= 4 is 17.2 Å². The number of benzene rings is 1. The number of ether oxygens (including phenoxy) is 1. The fourth-order valence-corrected chi connectivity index (χ4v) is 4.72. The highest BCUT2D eigenvalue weighted by Crippen LogP contribution is 2.40. The van der Waals surface area contributed by atoms with Gasteiger partial charge in [-0.05, 0) is 36.3 Å². The zero-order valence-electron chi connectivity index (χ0n) is 13.8. The van der Waals surface area contributed by atoms with Gasteiger partial charge < -0.3 is 9.84 Å². The average Bonchev–Trinajstić information content (AvgIpc) is 3.25. The van der Waals surface area contributed by atoms with E-state index in [-0.39, 0.29) is 6.04 Å². The Kier molecular flexibility index (Phi) is 4.42. The molecule has 1 saturated carbocycles. The van der Waals surface area contributed by atoms with Crippen LogP contribution in [0.5, 0.6) is 0 Å². The van der Waals surface area contributed by atoms with E-state index in [1.165, 1.54) is 12.0 Å². The molecule has 1 fully saturated rings. The van der Waals surface area contributed by atoms with E-state index in [0.717, 1.165) is 48.4 Å². The summed E-state index contributed by atoms with van der Waals surface area (Å²) >= 11 is 1.63. The second-order valence-electron chi connectivity index (χ2n) is 6.84. The fraction of sp³-hybridized carbons (Fsp3) is 0.450. The number of aliphatic imine (C=N–C) groups is 1. The van der Waals surface area contributed by atoms with E-state index in [1.54, 1.807) is 11.3 Å².